The number of hydrogen-bond donors (Lipinski definition) is 0. The summed E-state index contributed by atoms with van der Waals surface area (Å²) in [5, 5.41) is 0. The first kappa shape index (κ1) is 17.1. The fraction of sp³-hybridized carbons (Fsp3) is 0.500. The van der Waals surface area contributed by atoms with E-state index in [-0.39, 0.29) is 36.6 Å². The van der Waals surface area contributed by atoms with Gasteiger partial charge in [0, 0.05) is 6.54 Å². The Bertz CT molecular complexity index is 664. The summed E-state index contributed by atoms with van der Waals surface area (Å²) in [6.07, 6.45) is 3.57. The third-order valence-electron chi connectivity index (χ3n) is 4.78. The number of carbonyl (C=O) groups is 3. The lowest BCUT2D eigenvalue weighted by Gasteiger charge is -2.19. The first-order chi connectivity index (χ1) is 11.5. The van der Waals surface area contributed by atoms with Crippen LogP contribution in [0.1, 0.15) is 37.7 Å². The quantitative estimate of drug-likeness (QED) is 0.447. The van der Waals surface area contributed by atoms with Crippen LogP contribution in [0.5, 0.6) is 5.75 Å². The Morgan fingerprint density at radius 2 is 1.83 bits per heavy atom. The number of rotatable bonds is 4. The van der Waals surface area contributed by atoms with Crippen molar-refractivity contribution in [2.75, 3.05) is 6.54 Å². The second-order valence-corrected chi connectivity index (χ2v) is 7.34. The Hall–Kier alpha value is -1.69. The molecule has 1 saturated heterocycles. The van der Waals surface area contributed by atoms with Crippen LogP contribution in [0, 0.1) is 18.8 Å². The Morgan fingerprint density at radius 3 is 2.42 bits per heavy atom. The molecule has 1 saturated carbocycles. The van der Waals surface area contributed by atoms with E-state index in [1.54, 1.807) is 6.07 Å². The third kappa shape index (κ3) is 3.38. The Labute approximate surface area is 149 Å². The first-order valence-electron chi connectivity index (χ1n) is 8.29. The number of nitrogens with zero attached hydrogens (tertiary/aromatic N) is 1. The molecule has 2 aliphatic rings. The van der Waals surface area contributed by atoms with Gasteiger partial charge in [-0.05, 0) is 53.4 Å². The summed E-state index contributed by atoms with van der Waals surface area (Å²) >= 11 is 3.36. The first-order valence-corrected chi connectivity index (χ1v) is 9.08. The smallest absolute Gasteiger partial charge is 0.313 e. The van der Waals surface area contributed by atoms with Crippen LogP contribution in [0.25, 0.3) is 0 Å². The molecule has 0 bridgehead atoms. The van der Waals surface area contributed by atoms with E-state index in [9.17, 15) is 14.4 Å². The van der Waals surface area contributed by atoms with Gasteiger partial charge >= 0.3 is 5.97 Å². The zero-order valence-corrected chi connectivity index (χ0v) is 15.2. The maximum Gasteiger partial charge on any atom is 0.313 e. The molecular weight excluding hydrogens is 374 g/mol. The summed E-state index contributed by atoms with van der Waals surface area (Å²) in [6, 6.07) is 5.43. The van der Waals surface area contributed by atoms with Gasteiger partial charge in [-0.3, -0.25) is 19.3 Å². The van der Waals surface area contributed by atoms with E-state index in [1.807, 2.05) is 19.1 Å². The molecule has 1 aromatic rings. The molecule has 1 aromatic carbocycles. The summed E-state index contributed by atoms with van der Waals surface area (Å²) in [7, 11) is 0. The molecule has 0 spiro atoms. The van der Waals surface area contributed by atoms with E-state index in [2.05, 4.69) is 15.9 Å². The summed E-state index contributed by atoms with van der Waals surface area (Å²) < 4.78 is 6.02. The molecule has 0 N–H and O–H groups in total. The minimum absolute atomic E-state index is 0.0111. The minimum atomic E-state index is -0.449. The van der Waals surface area contributed by atoms with Crippen LogP contribution in [0.2, 0.25) is 0 Å². The molecule has 0 radical (unpaired) electrons. The lowest BCUT2D eigenvalue weighted by molar-refractivity contribution is -0.141. The highest BCUT2D eigenvalue weighted by atomic mass is 79.9. The maximum absolute atomic E-state index is 12.4. The predicted molar refractivity (Wildman–Crippen MR) is 91.3 cm³/mol. The van der Waals surface area contributed by atoms with Crippen LogP contribution in [0.4, 0.5) is 0 Å². The SMILES string of the molecule is Cc1ccc(OC(=O)CCN2C(=O)[C@H]3CCCC[C@@H]3C2=O)c(Br)c1. The van der Waals surface area contributed by atoms with E-state index in [1.165, 1.54) is 4.90 Å². The molecule has 0 aromatic heterocycles. The van der Waals surface area contributed by atoms with Gasteiger partial charge in [-0.15, -0.1) is 0 Å². The van der Waals surface area contributed by atoms with Crippen LogP contribution >= 0.6 is 15.9 Å². The van der Waals surface area contributed by atoms with Gasteiger partial charge in [-0.25, -0.2) is 0 Å². The number of aryl methyl sites for hydroxylation is 1. The molecule has 2 fully saturated rings. The van der Waals surface area contributed by atoms with Gasteiger partial charge in [-0.1, -0.05) is 18.9 Å². The highest BCUT2D eigenvalue weighted by Gasteiger charge is 2.47. The van der Waals surface area contributed by atoms with Crippen LogP contribution in [-0.2, 0) is 14.4 Å². The van der Waals surface area contributed by atoms with Gasteiger partial charge in [0.15, 0.2) is 0 Å². The second kappa shape index (κ2) is 7.05. The summed E-state index contributed by atoms with van der Waals surface area (Å²) in [5.74, 6) is -0.585. The molecule has 6 heteroatoms. The number of hydrogen-bond acceptors (Lipinski definition) is 4. The monoisotopic (exact) mass is 393 g/mol. The summed E-state index contributed by atoms with van der Waals surface area (Å²) in [4.78, 5) is 38.0. The largest absolute Gasteiger partial charge is 0.425 e. The van der Waals surface area contributed by atoms with Crippen molar-refractivity contribution in [2.24, 2.45) is 11.8 Å². The molecule has 2 atom stereocenters. The van der Waals surface area contributed by atoms with Crippen molar-refractivity contribution in [3.63, 3.8) is 0 Å². The molecule has 5 nitrogen and oxygen atoms in total. The van der Waals surface area contributed by atoms with Crippen molar-refractivity contribution in [1.29, 1.82) is 0 Å². The normalized spacial score (nSPS) is 23.3. The molecule has 3 rings (SSSR count). The van der Waals surface area contributed by atoms with Crippen molar-refractivity contribution in [3.05, 3.63) is 28.2 Å². The Morgan fingerprint density at radius 1 is 1.21 bits per heavy atom. The fourth-order valence-corrected chi connectivity index (χ4v) is 4.09. The average Bonchev–Trinajstić information content (AvgIpc) is 2.80. The zero-order chi connectivity index (χ0) is 17.3. The molecular formula is C18H20BrNO4. The molecule has 1 aliphatic carbocycles. The summed E-state index contributed by atoms with van der Waals surface area (Å²) in [5.41, 5.74) is 1.05. The standard InChI is InChI=1S/C18H20BrNO4/c1-11-6-7-15(14(19)10-11)24-16(21)8-9-20-17(22)12-4-2-3-5-13(12)18(20)23/h6-7,10,12-13H,2-5,8-9H2,1H3/t12-,13-/m0/s1. The number of amides is 2. The van der Waals surface area contributed by atoms with E-state index in [4.69, 9.17) is 4.74 Å². The van der Waals surface area contributed by atoms with Crippen molar-refractivity contribution in [2.45, 2.75) is 39.0 Å². The van der Waals surface area contributed by atoms with Gasteiger partial charge in [0.25, 0.3) is 0 Å². The number of esters is 1. The lowest BCUT2D eigenvalue weighted by Crippen LogP contribution is -2.33. The van der Waals surface area contributed by atoms with Gasteiger partial charge in [0.1, 0.15) is 5.75 Å². The number of ether oxygens (including phenoxy) is 1. The van der Waals surface area contributed by atoms with Crippen LogP contribution < -0.4 is 4.74 Å². The highest BCUT2D eigenvalue weighted by Crippen LogP contribution is 2.38. The third-order valence-corrected chi connectivity index (χ3v) is 5.40. The van der Waals surface area contributed by atoms with Crippen LogP contribution in [0.15, 0.2) is 22.7 Å². The van der Waals surface area contributed by atoms with E-state index in [0.717, 1.165) is 31.2 Å². The number of carbonyl (C=O) groups excluding carboxylic acids is 3. The molecule has 2 amide bonds. The van der Waals surface area contributed by atoms with Crippen molar-refractivity contribution < 1.29 is 19.1 Å². The lowest BCUT2D eigenvalue weighted by atomic mass is 9.81. The molecule has 1 aliphatic heterocycles. The molecule has 1 heterocycles. The number of likely N-dealkylation sites (tertiary alicyclic amines) is 1. The topological polar surface area (TPSA) is 63.7 Å². The van der Waals surface area contributed by atoms with Gasteiger partial charge in [-0.2, -0.15) is 0 Å². The molecule has 24 heavy (non-hydrogen) atoms. The van der Waals surface area contributed by atoms with Crippen molar-refractivity contribution >= 4 is 33.7 Å². The average molecular weight is 394 g/mol. The second-order valence-electron chi connectivity index (χ2n) is 6.48. The van der Waals surface area contributed by atoms with E-state index < -0.39 is 5.97 Å². The molecule has 128 valence electrons. The van der Waals surface area contributed by atoms with Crippen molar-refractivity contribution in [3.8, 4) is 5.75 Å². The fourth-order valence-electron chi connectivity index (χ4n) is 3.52. The number of halogens is 1. The van der Waals surface area contributed by atoms with Crippen molar-refractivity contribution in [1.82, 2.24) is 4.90 Å². The van der Waals surface area contributed by atoms with E-state index >= 15 is 0 Å². The van der Waals surface area contributed by atoms with Crippen LogP contribution in [0.3, 0.4) is 0 Å². The summed E-state index contributed by atoms with van der Waals surface area (Å²) in [6.45, 7) is 2.05. The Kier molecular flexibility index (Phi) is 5.04. The highest BCUT2D eigenvalue weighted by molar-refractivity contribution is 9.10. The Balaban J connectivity index is 1.58. The van der Waals surface area contributed by atoms with Gasteiger partial charge in [0.05, 0.1) is 22.7 Å². The van der Waals surface area contributed by atoms with E-state index in [0.29, 0.717) is 10.2 Å². The molecule has 0 unspecified atom stereocenters. The van der Waals surface area contributed by atoms with Gasteiger partial charge in [0.2, 0.25) is 11.8 Å². The number of imide groups is 1. The zero-order valence-electron chi connectivity index (χ0n) is 13.6. The number of fused-ring (bicyclic) bond motifs is 1. The number of benzene rings is 1. The van der Waals surface area contributed by atoms with Gasteiger partial charge < -0.3 is 4.74 Å². The van der Waals surface area contributed by atoms with Crippen LogP contribution in [-0.4, -0.2) is 29.2 Å². The predicted octanol–water partition coefficient (Wildman–Crippen LogP) is 3.23. The minimum Gasteiger partial charge on any atom is -0.425 e. The maximum atomic E-state index is 12.4.